The number of halogens is 2. The van der Waals surface area contributed by atoms with Gasteiger partial charge in [-0.3, -0.25) is 0 Å². The molecule has 0 aromatic heterocycles. The molecule has 19 heavy (non-hydrogen) atoms. The second kappa shape index (κ2) is 6.96. The van der Waals surface area contributed by atoms with Gasteiger partial charge in [-0.05, 0) is 31.7 Å². The summed E-state index contributed by atoms with van der Waals surface area (Å²) in [5.74, 6) is -2.05. The zero-order valence-corrected chi connectivity index (χ0v) is 11.1. The third-order valence-corrected chi connectivity index (χ3v) is 3.24. The van der Waals surface area contributed by atoms with Crippen LogP contribution in [-0.4, -0.2) is 26.3 Å². The van der Waals surface area contributed by atoms with E-state index in [1.807, 2.05) is 0 Å². The van der Waals surface area contributed by atoms with Gasteiger partial charge >= 0.3 is 0 Å². The number of ether oxygens (including phenoxy) is 1. The lowest BCUT2D eigenvalue weighted by Crippen LogP contribution is -2.31. The molecule has 1 aromatic rings. The molecule has 1 fully saturated rings. The Morgan fingerprint density at radius 3 is 2.63 bits per heavy atom. The van der Waals surface area contributed by atoms with Gasteiger partial charge in [0.05, 0.1) is 6.54 Å². The predicted octanol–water partition coefficient (Wildman–Crippen LogP) is 3.18. The summed E-state index contributed by atoms with van der Waals surface area (Å²) < 4.78 is 33.0. The van der Waals surface area contributed by atoms with E-state index in [2.05, 4.69) is 5.32 Å². The van der Waals surface area contributed by atoms with Crippen LogP contribution in [0, 0.1) is 5.92 Å². The Labute approximate surface area is 113 Å². The highest BCUT2D eigenvalue weighted by molar-refractivity contribution is 5.20. The molecule has 1 aliphatic carbocycles. The molecule has 4 heteroatoms. The first-order valence-electron chi connectivity index (χ1n) is 6.90. The Hall–Kier alpha value is -1.00. The zero-order chi connectivity index (χ0) is 13.6. The first kappa shape index (κ1) is 14.4. The van der Waals surface area contributed by atoms with Gasteiger partial charge in [-0.2, -0.15) is 8.78 Å². The Bertz CT molecular complexity index is 366. The highest BCUT2D eigenvalue weighted by Crippen LogP contribution is 2.28. The van der Waals surface area contributed by atoms with E-state index in [0.29, 0.717) is 13.2 Å². The van der Waals surface area contributed by atoms with E-state index in [-0.39, 0.29) is 12.1 Å². The monoisotopic (exact) mass is 269 g/mol. The lowest BCUT2D eigenvalue weighted by molar-refractivity contribution is -0.00352. The van der Waals surface area contributed by atoms with Gasteiger partial charge in [-0.1, -0.05) is 30.3 Å². The summed E-state index contributed by atoms with van der Waals surface area (Å²) in [7, 11) is 0. The average molecular weight is 269 g/mol. The van der Waals surface area contributed by atoms with Crippen molar-refractivity contribution in [1.29, 1.82) is 0 Å². The van der Waals surface area contributed by atoms with E-state index in [9.17, 15) is 8.78 Å². The van der Waals surface area contributed by atoms with E-state index < -0.39 is 5.92 Å². The molecule has 1 N–H and O–H groups in total. The van der Waals surface area contributed by atoms with Crippen molar-refractivity contribution in [3.8, 4) is 0 Å². The summed E-state index contributed by atoms with van der Waals surface area (Å²) >= 11 is 0. The van der Waals surface area contributed by atoms with Crippen LogP contribution in [0.2, 0.25) is 0 Å². The minimum Gasteiger partial charge on any atom is -0.381 e. The molecule has 106 valence electrons. The SMILES string of the molecule is FC(F)(CNCCCOCC1CC1)c1ccccc1. The maximum absolute atomic E-state index is 13.8. The summed E-state index contributed by atoms with van der Waals surface area (Å²) in [6, 6.07) is 7.93. The van der Waals surface area contributed by atoms with Crippen LogP contribution < -0.4 is 5.32 Å². The van der Waals surface area contributed by atoms with Crippen LogP contribution in [-0.2, 0) is 10.7 Å². The molecule has 0 aliphatic heterocycles. The molecule has 0 unspecified atom stereocenters. The van der Waals surface area contributed by atoms with Crippen LogP contribution in [0.5, 0.6) is 0 Å². The van der Waals surface area contributed by atoms with Gasteiger partial charge in [0.1, 0.15) is 0 Å². The largest absolute Gasteiger partial charge is 0.381 e. The van der Waals surface area contributed by atoms with Crippen LogP contribution in [0.25, 0.3) is 0 Å². The maximum Gasteiger partial charge on any atom is 0.285 e. The number of alkyl halides is 2. The molecule has 2 nitrogen and oxygen atoms in total. The van der Waals surface area contributed by atoms with Gasteiger partial charge in [0.15, 0.2) is 0 Å². The zero-order valence-electron chi connectivity index (χ0n) is 11.1. The van der Waals surface area contributed by atoms with Crippen molar-refractivity contribution in [2.45, 2.75) is 25.2 Å². The summed E-state index contributed by atoms with van der Waals surface area (Å²) in [5.41, 5.74) is 0.0625. The van der Waals surface area contributed by atoms with Crippen molar-refractivity contribution in [2.24, 2.45) is 5.92 Å². The number of hydrogen-bond acceptors (Lipinski definition) is 2. The topological polar surface area (TPSA) is 21.3 Å². The van der Waals surface area contributed by atoms with Gasteiger partial charge in [0, 0.05) is 18.8 Å². The Kier molecular flexibility index (Phi) is 5.28. The van der Waals surface area contributed by atoms with E-state index in [1.165, 1.54) is 25.0 Å². The molecule has 0 heterocycles. The van der Waals surface area contributed by atoms with Crippen LogP contribution in [0.4, 0.5) is 8.78 Å². The molecule has 0 saturated heterocycles. The summed E-state index contributed by atoms with van der Waals surface area (Å²) in [6.45, 7) is 1.73. The number of rotatable bonds is 9. The van der Waals surface area contributed by atoms with Gasteiger partial charge in [-0.15, -0.1) is 0 Å². The molecule has 0 atom stereocenters. The summed E-state index contributed by atoms with van der Waals surface area (Å²) in [4.78, 5) is 0. The predicted molar refractivity (Wildman–Crippen MR) is 71.4 cm³/mol. The fourth-order valence-corrected chi connectivity index (χ4v) is 1.86. The molecule has 2 rings (SSSR count). The van der Waals surface area contributed by atoms with Crippen LogP contribution in [0.3, 0.4) is 0 Å². The minimum atomic E-state index is -2.81. The van der Waals surface area contributed by atoms with Gasteiger partial charge in [0.25, 0.3) is 5.92 Å². The lowest BCUT2D eigenvalue weighted by Gasteiger charge is -2.17. The van der Waals surface area contributed by atoms with Crippen LogP contribution in [0.15, 0.2) is 30.3 Å². The third-order valence-electron chi connectivity index (χ3n) is 3.24. The third kappa shape index (κ3) is 5.25. The number of hydrogen-bond donors (Lipinski definition) is 1. The molecular formula is C15H21F2NO. The van der Waals surface area contributed by atoms with E-state index in [1.54, 1.807) is 18.2 Å². The molecule has 1 aliphatic rings. The molecule has 0 bridgehead atoms. The van der Waals surface area contributed by atoms with Gasteiger partial charge < -0.3 is 10.1 Å². The molecular weight excluding hydrogens is 248 g/mol. The van der Waals surface area contributed by atoms with Crippen LogP contribution in [0.1, 0.15) is 24.8 Å². The number of nitrogens with one attached hydrogen (secondary N) is 1. The van der Waals surface area contributed by atoms with Crippen molar-refractivity contribution in [2.75, 3.05) is 26.3 Å². The fourth-order valence-electron chi connectivity index (χ4n) is 1.86. The molecule has 1 aromatic carbocycles. The summed E-state index contributed by atoms with van der Waals surface area (Å²) in [5, 5.41) is 2.80. The normalized spacial score (nSPS) is 15.7. The van der Waals surface area contributed by atoms with Gasteiger partial charge in [0.2, 0.25) is 0 Å². The summed E-state index contributed by atoms with van der Waals surface area (Å²) in [6.07, 6.45) is 3.33. The maximum atomic E-state index is 13.8. The second-order valence-electron chi connectivity index (χ2n) is 5.12. The Morgan fingerprint density at radius 2 is 1.95 bits per heavy atom. The minimum absolute atomic E-state index is 0.0625. The number of benzene rings is 1. The highest BCUT2D eigenvalue weighted by Gasteiger charge is 2.30. The van der Waals surface area contributed by atoms with Gasteiger partial charge in [-0.25, -0.2) is 0 Å². The van der Waals surface area contributed by atoms with E-state index in [4.69, 9.17) is 4.74 Å². The quantitative estimate of drug-likeness (QED) is 0.695. The molecule has 0 radical (unpaired) electrons. The standard InChI is InChI=1S/C15H21F2NO/c16-15(17,14-5-2-1-3-6-14)12-18-9-4-10-19-11-13-7-8-13/h1-3,5-6,13,18H,4,7-12H2. The first-order chi connectivity index (χ1) is 9.18. The Morgan fingerprint density at radius 1 is 1.21 bits per heavy atom. The highest BCUT2D eigenvalue weighted by atomic mass is 19.3. The van der Waals surface area contributed by atoms with E-state index >= 15 is 0 Å². The smallest absolute Gasteiger partial charge is 0.285 e. The van der Waals surface area contributed by atoms with E-state index in [0.717, 1.165) is 18.9 Å². The van der Waals surface area contributed by atoms with Crippen LogP contribution >= 0.6 is 0 Å². The molecule has 0 amide bonds. The molecule has 1 saturated carbocycles. The average Bonchev–Trinajstić information content (AvgIpc) is 3.23. The van der Waals surface area contributed by atoms with Crippen molar-refractivity contribution >= 4 is 0 Å². The second-order valence-corrected chi connectivity index (χ2v) is 5.12. The fraction of sp³-hybridized carbons (Fsp3) is 0.600. The lowest BCUT2D eigenvalue weighted by atomic mass is 10.1. The van der Waals surface area contributed by atoms with Crippen molar-refractivity contribution < 1.29 is 13.5 Å². The van der Waals surface area contributed by atoms with Crippen molar-refractivity contribution in [3.05, 3.63) is 35.9 Å². The first-order valence-corrected chi connectivity index (χ1v) is 6.90. The Balaban J connectivity index is 1.56. The van der Waals surface area contributed by atoms with Crippen molar-refractivity contribution in [1.82, 2.24) is 5.32 Å². The van der Waals surface area contributed by atoms with Crippen molar-refractivity contribution in [3.63, 3.8) is 0 Å². The molecule has 0 spiro atoms.